The maximum absolute atomic E-state index is 12.5. The molecule has 0 saturated heterocycles. The number of imidazole rings is 1. The molecule has 18 heavy (non-hydrogen) atoms. The molecule has 1 aliphatic heterocycles. The quantitative estimate of drug-likeness (QED) is 0.814. The lowest BCUT2D eigenvalue weighted by atomic mass is 10.1. The molecule has 0 fully saturated rings. The van der Waals surface area contributed by atoms with Crippen molar-refractivity contribution in [1.29, 1.82) is 0 Å². The third kappa shape index (κ3) is 1.67. The van der Waals surface area contributed by atoms with Gasteiger partial charge in [0.1, 0.15) is 10.3 Å². The highest BCUT2D eigenvalue weighted by atomic mass is 32.1. The van der Waals surface area contributed by atoms with Crippen molar-refractivity contribution in [2.24, 2.45) is 0 Å². The second kappa shape index (κ2) is 4.29. The van der Waals surface area contributed by atoms with E-state index in [1.807, 2.05) is 11.5 Å². The second-order valence-electron chi connectivity index (χ2n) is 4.68. The molecule has 0 amide bonds. The Morgan fingerprint density at radius 2 is 2.28 bits per heavy atom. The fourth-order valence-electron chi connectivity index (χ4n) is 2.47. The van der Waals surface area contributed by atoms with Crippen LogP contribution in [-0.4, -0.2) is 28.0 Å². The molecule has 4 nitrogen and oxygen atoms in total. The molecule has 0 spiro atoms. The lowest BCUT2D eigenvalue weighted by molar-refractivity contribution is 0.316. The van der Waals surface area contributed by atoms with Crippen LogP contribution in [-0.2, 0) is 19.5 Å². The molecule has 0 bridgehead atoms. The number of aromatic nitrogens is 2. The van der Waals surface area contributed by atoms with Crippen LogP contribution >= 0.6 is 23.6 Å². The van der Waals surface area contributed by atoms with Crippen molar-refractivity contribution in [1.82, 2.24) is 14.5 Å². The van der Waals surface area contributed by atoms with E-state index in [1.165, 1.54) is 4.88 Å². The first-order valence-corrected chi connectivity index (χ1v) is 7.30. The van der Waals surface area contributed by atoms with Gasteiger partial charge in [-0.2, -0.15) is 0 Å². The van der Waals surface area contributed by atoms with E-state index in [4.69, 9.17) is 12.2 Å². The fraction of sp³-hybridized carbons (Fsp3) is 0.500. The van der Waals surface area contributed by atoms with Gasteiger partial charge in [0.25, 0.3) is 0 Å². The van der Waals surface area contributed by atoms with Crippen LogP contribution in [0.4, 0.5) is 0 Å². The Labute approximate surface area is 114 Å². The minimum Gasteiger partial charge on any atom is -0.327 e. The zero-order chi connectivity index (χ0) is 12.9. The Kier molecular flexibility index (Phi) is 2.88. The zero-order valence-electron chi connectivity index (χ0n) is 10.4. The van der Waals surface area contributed by atoms with Gasteiger partial charge in [0, 0.05) is 30.1 Å². The number of nitrogens with one attached hydrogen (secondary N) is 1. The van der Waals surface area contributed by atoms with Crippen LogP contribution in [0.5, 0.6) is 0 Å². The number of hydrogen-bond acceptors (Lipinski definition) is 4. The SMILES string of the molecule is CCn1c(=S)[nH]c2c(=O)c3c(sc21)CN(C)CC3. The largest absolute Gasteiger partial charge is 0.327 e. The van der Waals surface area contributed by atoms with Crippen molar-refractivity contribution < 1.29 is 0 Å². The summed E-state index contributed by atoms with van der Waals surface area (Å²) in [5.41, 5.74) is 1.81. The molecule has 0 saturated carbocycles. The molecule has 0 aromatic carbocycles. The first-order chi connectivity index (χ1) is 8.61. The molecular weight excluding hydrogens is 266 g/mol. The smallest absolute Gasteiger partial charge is 0.209 e. The van der Waals surface area contributed by atoms with Crippen molar-refractivity contribution in [2.45, 2.75) is 26.4 Å². The molecule has 0 radical (unpaired) electrons. The van der Waals surface area contributed by atoms with Crippen LogP contribution in [0, 0.1) is 4.77 Å². The fourth-order valence-corrected chi connectivity index (χ4v) is 4.26. The summed E-state index contributed by atoms with van der Waals surface area (Å²) in [6.45, 7) is 4.66. The predicted molar refractivity (Wildman–Crippen MR) is 77.0 cm³/mol. The van der Waals surface area contributed by atoms with Crippen molar-refractivity contribution in [3.05, 3.63) is 25.4 Å². The molecule has 2 aromatic rings. The Balaban J connectivity index is 2.38. The van der Waals surface area contributed by atoms with Gasteiger partial charge in [0.2, 0.25) is 5.43 Å². The van der Waals surface area contributed by atoms with E-state index in [0.29, 0.717) is 10.3 Å². The first-order valence-electron chi connectivity index (χ1n) is 6.07. The molecule has 2 aromatic heterocycles. The number of hydrogen-bond donors (Lipinski definition) is 1. The molecule has 0 unspecified atom stereocenters. The molecule has 3 heterocycles. The number of rotatable bonds is 1. The highest BCUT2D eigenvalue weighted by Gasteiger charge is 2.20. The van der Waals surface area contributed by atoms with Gasteiger partial charge in [-0.05, 0) is 32.6 Å². The van der Waals surface area contributed by atoms with Crippen LogP contribution in [0.25, 0.3) is 10.3 Å². The molecule has 3 rings (SSSR count). The van der Waals surface area contributed by atoms with E-state index in [0.717, 1.165) is 36.4 Å². The van der Waals surface area contributed by atoms with Crippen molar-refractivity contribution in [3.8, 4) is 0 Å². The average molecular weight is 281 g/mol. The standard InChI is InChI=1S/C12H15N3OS2/c1-3-15-11-9(13-12(15)17)10(16)7-4-5-14(2)6-8(7)18-11/h3-6H2,1-2H3,(H,13,17). The first kappa shape index (κ1) is 12.1. The zero-order valence-corrected chi connectivity index (χ0v) is 12.1. The van der Waals surface area contributed by atoms with E-state index in [9.17, 15) is 4.79 Å². The number of aromatic amines is 1. The topological polar surface area (TPSA) is 41.0 Å². The van der Waals surface area contributed by atoms with Crippen molar-refractivity contribution in [3.63, 3.8) is 0 Å². The van der Waals surface area contributed by atoms with Crippen LogP contribution < -0.4 is 5.43 Å². The predicted octanol–water partition coefficient (Wildman–Crippen LogP) is 2.13. The summed E-state index contributed by atoms with van der Waals surface area (Å²) >= 11 is 6.98. The third-order valence-electron chi connectivity index (χ3n) is 3.47. The highest BCUT2D eigenvalue weighted by Crippen LogP contribution is 2.26. The number of nitrogens with zero attached hydrogens (tertiary/aromatic N) is 2. The van der Waals surface area contributed by atoms with E-state index >= 15 is 0 Å². The summed E-state index contributed by atoms with van der Waals surface area (Å²) in [7, 11) is 2.09. The molecular formula is C12H15N3OS2. The Bertz CT molecular complexity index is 725. The van der Waals surface area contributed by atoms with Gasteiger partial charge in [0.15, 0.2) is 4.77 Å². The average Bonchev–Trinajstić information content (AvgIpc) is 2.65. The number of fused-ring (bicyclic) bond motifs is 2. The summed E-state index contributed by atoms with van der Waals surface area (Å²) < 4.78 is 2.66. The number of H-pyrrole nitrogens is 1. The van der Waals surface area contributed by atoms with Gasteiger partial charge in [-0.15, -0.1) is 11.3 Å². The molecule has 0 atom stereocenters. The minimum atomic E-state index is 0.144. The summed E-state index contributed by atoms with van der Waals surface area (Å²) in [5, 5.41) is 0. The van der Waals surface area contributed by atoms with Gasteiger partial charge < -0.3 is 14.5 Å². The summed E-state index contributed by atoms with van der Waals surface area (Å²) in [6, 6.07) is 0. The van der Waals surface area contributed by atoms with Crippen LogP contribution in [0.2, 0.25) is 0 Å². The lowest BCUT2D eigenvalue weighted by Gasteiger charge is -2.23. The molecule has 96 valence electrons. The van der Waals surface area contributed by atoms with Gasteiger partial charge >= 0.3 is 0 Å². The maximum Gasteiger partial charge on any atom is 0.209 e. The van der Waals surface area contributed by atoms with Crippen LogP contribution in [0.1, 0.15) is 17.4 Å². The van der Waals surface area contributed by atoms with Gasteiger partial charge in [-0.3, -0.25) is 4.79 Å². The summed E-state index contributed by atoms with van der Waals surface area (Å²) in [5.74, 6) is 0. The van der Waals surface area contributed by atoms with Gasteiger partial charge in [-0.1, -0.05) is 0 Å². The van der Waals surface area contributed by atoms with E-state index in [1.54, 1.807) is 11.3 Å². The summed E-state index contributed by atoms with van der Waals surface area (Å²) in [6.07, 6.45) is 0.842. The third-order valence-corrected chi connectivity index (χ3v) is 5.03. The van der Waals surface area contributed by atoms with Gasteiger partial charge in [0.05, 0.1) is 0 Å². The maximum atomic E-state index is 12.5. The van der Waals surface area contributed by atoms with E-state index in [-0.39, 0.29) is 5.43 Å². The van der Waals surface area contributed by atoms with Crippen LogP contribution in [0.3, 0.4) is 0 Å². The van der Waals surface area contributed by atoms with E-state index in [2.05, 4.69) is 16.9 Å². The number of likely N-dealkylation sites (N-methyl/N-ethyl adjacent to an activating group) is 1. The summed E-state index contributed by atoms with van der Waals surface area (Å²) in [4.78, 5) is 20.0. The monoisotopic (exact) mass is 281 g/mol. The van der Waals surface area contributed by atoms with Gasteiger partial charge in [-0.25, -0.2) is 0 Å². The normalized spacial score (nSPS) is 16.1. The molecule has 6 heteroatoms. The van der Waals surface area contributed by atoms with Crippen molar-refractivity contribution >= 4 is 33.9 Å². The molecule has 1 N–H and O–H groups in total. The molecule has 0 aliphatic carbocycles. The Morgan fingerprint density at radius 3 is 3.00 bits per heavy atom. The number of aryl methyl sites for hydroxylation is 1. The van der Waals surface area contributed by atoms with E-state index < -0.39 is 0 Å². The minimum absolute atomic E-state index is 0.144. The Morgan fingerprint density at radius 1 is 1.50 bits per heavy atom. The highest BCUT2D eigenvalue weighted by molar-refractivity contribution is 7.71. The lowest BCUT2D eigenvalue weighted by Crippen LogP contribution is -2.30. The van der Waals surface area contributed by atoms with Crippen molar-refractivity contribution in [2.75, 3.05) is 13.6 Å². The second-order valence-corrected chi connectivity index (χ2v) is 6.15. The Hall–Kier alpha value is -0.980. The molecule has 1 aliphatic rings. The van der Waals surface area contributed by atoms with Crippen LogP contribution in [0.15, 0.2) is 4.79 Å².